The number of thiol groups is 1. The number of nitro groups is 2. The number of hydrogen-bond donors (Lipinski definition) is 2. The van der Waals surface area contributed by atoms with Crippen LogP contribution in [0.1, 0.15) is 24.0 Å². The van der Waals surface area contributed by atoms with Gasteiger partial charge in [-0.25, -0.2) is 9.59 Å². The van der Waals surface area contributed by atoms with E-state index in [1.807, 2.05) is 0 Å². The van der Waals surface area contributed by atoms with Gasteiger partial charge in [0.2, 0.25) is 0 Å². The Bertz CT molecular complexity index is 1370. The molecule has 2 saturated heterocycles. The van der Waals surface area contributed by atoms with Crippen LogP contribution < -0.4 is 5.32 Å². The second-order valence-corrected chi connectivity index (χ2v) is 10.7. The summed E-state index contributed by atoms with van der Waals surface area (Å²) in [5, 5.41) is 24.1. The van der Waals surface area contributed by atoms with Crippen molar-refractivity contribution in [3.05, 3.63) is 92.0 Å². The molecule has 3 atom stereocenters. The summed E-state index contributed by atoms with van der Waals surface area (Å²) in [7, 11) is 0. The summed E-state index contributed by atoms with van der Waals surface area (Å²) in [4.78, 5) is 61.9. The lowest BCUT2D eigenvalue weighted by Gasteiger charge is -2.27. The van der Waals surface area contributed by atoms with E-state index in [9.17, 15) is 34.6 Å². The Labute approximate surface area is 246 Å². The zero-order valence-corrected chi connectivity index (χ0v) is 23.3. The van der Waals surface area contributed by atoms with Crippen molar-refractivity contribution in [1.29, 1.82) is 0 Å². The summed E-state index contributed by atoms with van der Waals surface area (Å²) in [6.07, 6.45) is -0.431. The first-order chi connectivity index (χ1) is 20.0. The predicted octanol–water partition coefficient (Wildman–Crippen LogP) is 3.60. The molecule has 1 N–H and O–H groups in total. The first kappa shape index (κ1) is 30.3. The summed E-state index contributed by atoms with van der Waals surface area (Å²) in [6, 6.07) is 10.3. The highest BCUT2D eigenvalue weighted by Crippen LogP contribution is 2.29. The summed E-state index contributed by atoms with van der Waals surface area (Å²) in [5.41, 5.74) is 1.23. The highest BCUT2D eigenvalue weighted by molar-refractivity contribution is 7.81. The van der Waals surface area contributed by atoms with Gasteiger partial charge >= 0.3 is 12.2 Å². The number of hydrogen-bond acceptors (Lipinski definition) is 10. The number of likely N-dealkylation sites (tertiary alicyclic amines) is 2. The number of rotatable bonds is 9. The third-order valence-electron chi connectivity index (χ3n) is 7.01. The summed E-state index contributed by atoms with van der Waals surface area (Å²) in [6.45, 7) is 4.65. The first-order valence-corrected chi connectivity index (χ1v) is 13.5. The van der Waals surface area contributed by atoms with Gasteiger partial charge in [-0.05, 0) is 48.2 Å². The minimum atomic E-state index is -0.679. The SMILES string of the molecule is C=C(C(=O)N1CC[C@H](NC(=O)OCc2ccc([N+](=O)[O-])cc2)C1)[C@@H]1C[C@H](S)CN1C(=O)OCc1ccc([N+](=O)[O-])cc1. The highest BCUT2D eigenvalue weighted by Gasteiger charge is 2.40. The Morgan fingerprint density at radius 3 is 2.02 bits per heavy atom. The van der Waals surface area contributed by atoms with Gasteiger partial charge in [-0.2, -0.15) is 12.6 Å². The van der Waals surface area contributed by atoms with Crippen LogP contribution in [0.5, 0.6) is 0 Å². The number of carbonyl (C=O) groups is 3. The molecule has 0 unspecified atom stereocenters. The first-order valence-electron chi connectivity index (χ1n) is 13.0. The summed E-state index contributed by atoms with van der Waals surface area (Å²) >= 11 is 4.49. The van der Waals surface area contributed by atoms with E-state index in [0.717, 1.165) is 0 Å². The maximum absolute atomic E-state index is 13.3. The number of alkyl carbamates (subject to hydrolysis) is 1. The Hall–Kier alpha value is -4.66. The molecule has 0 saturated carbocycles. The topological polar surface area (TPSA) is 174 Å². The molecule has 2 fully saturated rings. The molecular formula is C27H29N5O9S. The molecule has 0 aliphatic carbocycles. The average Bonchev–Trinajstić information content (AvgIpc) is 3.61. The second-order valence-electron chi connectivity index (χ2n) is 9.94. The van der Waals surface area contributed by atoms with Gasteiger partial charge < -0.3 is 19.7 Å². The van der Waals surface area contributed by atoms with E-state index >= 15 is 0 Å². The molecular weight excluding hydrogens is 570 g/mol. The number of ether oxygens (including phenoxy) is 2. The maximum Gasteiger partial charge on any atom is 0.410 e. The molecule has 0 bridgehead atoms. The smallest absolute Gasteiger partial charge is 0.410 e. The molecule has 3 amide bonds. The normalized spacial score (nSPS) is 19.7. The molecule has 2 aromatic rings. The largest absolute Gasteiger partial charge is 0.445 e. The molecule has 4 rings (SSSR count). The molecule has 2 heterocycles. The van der Waals surface area contributed by atoms with Crippen LogP contribution in [0, 0.1) is 20.2 Å². The van der Waals surface area contributed by atoms with Gasteiger partial charge in [0.25, 0.3) is 17.3 Å². The minimum Gasteiger partial charge on any atom is -0.445 e. The van der Waals surface area contributed by atoms with Gasteiger partial charge in [-0.15, -0.1) is 0 Å². The quantitative estimate of drug-likeness (QED) is 0.189. The fourth-order valence-corrected chi connectivity index (χ4v) is 5.14. The third kappa shape index (κ3) is 7.54. The lowest BCUT2D eigenvalue weighted by Crippen LogP contribution is -2.43. The number of non-ortho nitro benzene ring substituents is 2. The van der Waals surface area contributed by atoms with Crippen LogP contribution in [0.25, 0.3) is 0 Å². The number of nitrogens with one attached hydrogen (secondary N) is 1. The van der Waals surface area contributed by atoms with Crippen molar-refractivity contribution in [1.82, 2.24) is 15.1 Å². The van der Waals surface area contributed by atoms with E-state index in [4.69, 9.17) is 9.47 Å². The van der Waals surface area contributed by atoms with Gasteiger partial charge in [0, 0.05) is 54.7 Å². The predicted molar refractivity (Wildman–Crippen MR) is 152 cm³/mol. The standard InChI is InChI=1S/C27H29N5O9S/c1-17(24-12-23(42)14-30(24)27(35)41-16-19-4-8-22(9-5-19)32(38)39)25(33)29-11-10-20(13-29)28-26(34)40-15-18-2-6-21(7-3-18)31(36)37/h2-9,20,23-24,42H,1,10-16H2,(H,28,34)/t20-,23-,24-/m0/s1. The number of nitrogens with zero attached hydrogens (tertiary/aromatic N) is 4. The minimum absolute atomic E-state index is 0.0646. The van der Waals surface area contributed by atoms with E-state index in [1.165, 1.54) is 53.4 Å². The summed E-state index contributed by atoms with van der Waals surface area (Å²) in [5.74, 6) is -0.348. The van der Waals surface area contributed by atoms with Crippen LogP contribution in [0.15, 0.2) is 60.7 Å². The fraction of sp³-hybridized carbons (Fsp3) is 0.370. The number of amides is 3. The van der Waals surface area contributed by atoms with Crippen molar-refractivity contribution in [2.24, 2.45) is 0 Å². The van der Waals surface area contributed by atoms with Gasteiger partial charge in [0.1, 0.15) is 13.2 Å². The maximum atomic E-state index is 13.3. The molecule has 0 aromatic heterocycles. The lowest BCUT2D eigenvalue weighted by molar-refractivity contribution is -0.385. The van der Waals surface area contributed by atoms with Crippen LogP contribution in [0.2, 0.25) is 0 Å². The Balaban J connectivity index is 1.25. The van der Waals surface area contributed by atoms with Gasteiger partial charge in [-0.3, -0.25) is 29.9 Å². The molecule has 0 spiro atoms. The van der Waals surface area contributed by atoms with Crippen LogP contribution in [-0.2, 0) is 27.5 Å². The van der Waals surface area contributed by atoms with E-state index in [1.54, 1.807) is 4.90 Å². The molecule has 0 radical (unpaired) electrons. The molecule has 15 heteroatoms. The van der Waals surface area contributed by atoms with Gasteiger partial charge in [0.05, 0.1) is 21.9 Å². The van der Waals surface area contributed by atoms with Crippen LogP contribution in [0.4, 0.5) is 21.0 Å². The third-order valence-corrected chi connectivity index (χ3v) is 7.39. The summed E-state index contributed by atoms with van der Waals surface area (Å²) < 4.78 is 10.6. The molecule has 2 aliphatic rings. The lowest BCUT2D eigenvalue weighted by atomic mass is 10.1. The molecule has 42 heavy (non-hydrogen) atoms. The van der Waals surface area contributed by atoms with Crippen molar-refractivity contribution >= 4 is 42.1 Å². The van der Waals surface area contributed by atoms with E-state index in [2.05, 4.69) is 24.5 Å². The Morgan fingerprint density at radius 2 is 1.48 bits per heavy atom. The Kier molecular flexibility index (Phi) is 9.62. The molecule has 2 aliphatic heterocycles. The van der Waals surface area contributed by atoms with Crippen molar-refractivity contribution in [3.63, 3.8) is 0 Å². The highest BCUT2D eigenvalue weighted by atomic mass is 32.1. The monoisotopic (exact) mass is 599 g/mol. The zero-order valence-electron chi connectivity index (χ0n) is 22.4. The van der Waals surface area contributed by atoms with Crippen molar-refractivity contribution < 1.29 is 33.7 Å². The van der Waals surface area contributed by atoms with Crippen LogP contribution in [0.3, 0.4) is 0 Å². The van der Waals surface area contributed by atoms with Crippen LogP contribution >= 0.6 is 12.6 Å². The van der Waals surface area contributed by atoms with E-state index in [0.29, 0.717) is 30.5 Å². The zero-order chi connectivity index (χ0) is 30.4. The second kappa shape index (κ2) is 13.3. The van der Waals surface area contributed by atoms with Crippen LogP contribution in [-0.4, -0.2) is 74.7 Å². The number of carbonyl (C=O) groups excluding carboxylic acids is 3. The number of benzene rings is 2. The van der Waals surface area contributed by atoms with Crippen molar-refractivity contribution in [2.75, 3.05) is 19.6 Å². The fourth-order valence-electron chi connectivity index (χ4n) is 4.77. The van der Waals surface area contributed by atoms with Crippen molar-refractivity contribution in [2.45, 2.75) is 43.4 Å². The molecule has 14 nitrogen and oxygen atoms in total. The molecule has 222 valence electrons. The van der Waals surface area contributed by atoms with E-state index in [-0.39, 0.29) is 60.5 Å². The molecule has 2 aromatic carbocycles. The van der Waals surface area contributed by atoms with Gasteiger partial charge in [-0.1, -0.05) is 6.58 Å². The van der Waals surface area contributed by atoms with E-state index < -0.39 is 28.1 Å². The van der Waals surface area contributed by atoms with Crippen molar-refractivity contribution in [3.8, 4) is 0 Å². The number of nitro benzene ring substituents is 2. The average molecular weight is 600 g/mol. The van der Waals surface area contributed by atoms with Gasteiger partial charge in [0.15, 0.2) is 0 Å². The Morgan fingerprint density at radius 1 is 0.929 bits per heavy atom.